The Balaban J connectivity index is 0.000000280. The molecule has 0 spiro atoms. The Morgan fingerprint density at radius 2 is 1.02 bits per heavy atom. The molecule has 0 fully saturated rings. The van der Waals surface area contributed by atoms with Crippen LogP contribution in [0.15, 0.2) is 118 Å². The largest absolute Gasteiger partial charge is 0.392 e. The molecule has 0 amide bonds. The second kappa shape index (κ2) is 17.7. The quantitative estimate of drug-likeness (QED) is 0.188. The molecule has 0 bridgehead atoms. The van der Waals surface area contributed by atoms with Gasteiger partial charge in [0.15, 0.2) is 0 Å². The second-order valence-corrected chi connectivity index (χ2v) is 9.21. The van der Waals surface area contributed by atoms with Crippen molar-refractivity contribution in [3.8, 4) is 0 Å². The summed E-state index contributed by atoms with van der Waals surface area (Å²) in [6.07, 6.45) is 8.19. The third kappa shape index (κ3) is 10.2. The zero-order valence-corrected chi connectivity index (χ0v) is 24.2. The van der Waals surface area contributed by atoms with Gasteiger partial charge in [0.25, 0.3) is 0 Å². The normalized spacial score (nSPS) is 16.5. The number of aliphatic hydroxyl groups excluding tert-OH is 2. The fourth-order valence-electron chi connectivity index (χ4n) is 3.93. The number of benzene rings is 2. The van der Waals surface area contributed by atoms with Gasteiger partial charge in [0, 0.05) is 77.3 Å². The van der Waals surface area contributed by atoms with Gasteiger partial charge in [-0.2, -0.15) is 0 Å². The number of ketones is 2. The van der Waals surface area contributed by atoms with E-state index >= 15 is 0 Å². The first-order valence-electron chi connectivity index (χ1n) is 13.2. The molecular formula is C32H36CuN4O4. The number of carbonyl (C=O) groups is 2. The Hall–Kier alpha value is -3.88. The Morgan fingerprint density at radius 1 is 0.659 bits per heavy atom. The van der Waals surface area contributed by atoms with E-state index in [2.05, 4.69) is 44.9 Å². The zero-order valence-electron chi connectivity index (χ0n) is 23.2. The molecule has 8 nitrogen and oxygen atoms in total. The molecule has 0 atom stereocenters. The number of nitrogens with one attached hydrogen (secondary N) is 2. The maximum Gasteiger partial charge on any atom is 0.208 e. The van der Waals surface area contributed by atoms with Gasteiger partial charge < -0.3 is 20.8 Å². The minimum Gasteiger partial charge on any atom is -0.392 e. The van der Waals surface area contributed by atoms with Gasteiger partial charge >= 0.3 is 0 Å². The first-order chi connectivity index (χ1) is 19.4. The molecule has 2 aliphatic rings. The first kappa shape index (κ1) is 33.3. The van der Waals surface area contributed by atoms with E-state index in [1.807, 2.05) is 36.4 Å². The van der Waals surface area contributed by atoms with Crippen LogP contribution in [0.3, 0.4) is 0 Å². The van der Waals surface area contributed by atoms with Gasteiger partial charge in [-0.05, 0) is 37.8 Å². The van der Waals surface area contributed by atoms with Crippen LogP contribution in [-0.4, -0.2) is 59.5 Å². The van der Waals surface area contributed by atoms with Crippen LogP contribution in [0.25, 0.3) is 0 Å². The smallest absolute Gasteiger partial charge is 0.208 e. The van der Waals surface area contributed by atoms with Crippen LogP contribution in [0.1, 0.15) is 25.0 Å². The third-order valence-electron chi connectivity index (χ3n) is 6.30. The van der Waals surface area contributed by atoms with Crippen molar-refractivity contribution < 1.29 is 36.9 Å². The van der Waals surface area contributed by atoms with Crippen molar-refractivity contribution in [3.05, 3.63) is 119 Å². The van der Waals surface area contributed by atoms with Crippen LogP contribution < -0.4 is 10.6 Å². The van der Waals surface area contributed by atoms with Crippen molar-refractivity contribution >= 4 is 23.0 Å². The van der Waals surface area contributed by atoms with Crippen LogP contribution >= 0.6 is 0 Å². The summed E-state index contributed by atoms with van der Waals surface area (Å²) in [5, 5.41) is 24.7. The summed E-state index contributed by atoms with van der Waals surface area (Å²) in [5.41, 5.74) is 5.45. The van der Waals surface area contributed by atoms with Crippen molar-refractivity contribution in [2.75, 3.05) is 26.3 Å². The maximum absolute atomic E-state index is 12.0. The molecule has 2 aromatic rings. The Bertz CT molecular complexity index is 1260. The van der Waals surface area contributed by atoms with E-state index in [1.165, 1.54) is 11.1 Å². The van der Waals surface area contributed by atoms with Gasteiger partial charge in [0.05, 0.1) is 24.6 Å². The predicted octanol–water partition coefficient (Wildman–Crippen LogP) is 3.24. The molecule has 1 radical (unpaired) electrons. The van der Waals surface area contributed by atoms with Gasteiger partial charge in [0.1, 0.15) is 0 Å². The monoisotopic (exact) mass is 603 g/mol. The van der Waals surface area contributed by atoms with E-state index in [-0.39, 0.29) is 41.8 Å². The van der Waals surface area contributed by atoms with Crippen LogP contribution in [0.5, 0.6) is 0 Å². The Kier molecular flexibility index (Phi) is 14.4. The molecule has 0 aromatic heterocycles. The number of hydrogen-bond donors (Lipinski definition) is 4. The molecule has 0 saturated carbocycles. The molecule has 2 aromatic carbocycles. The summed E-state index contributed by atoms with van der Waals surface area (Å²) in [6, 6.07) is 20.3. The summed E-state index contributed by atoms with van der Waals surface area (Å²) >= 11 is 0. The van der Waals surface area contributed by atoms with Crippen LogP contribution in [-0.2, 0) is 39.5 Å². The molecular weight excluding hydrogens is 568 g/mol. The van der Waals surface area contributed by atoms with Crippen LogP contribution in [0, 0.1) is 0 Å². The van der Waals surface area contributed by atoms with Crippen molar-refractivity contribution in [2.45, 2.75) is 26.7 Å². The summed E-state index contributed by atoms with van der Waals surface area (Å²) in [7, 11) is 0. The van der Waals surface area contributed by atoms with E-state index < -0.39 is 0 Å². The molecule has 4 N–H and O–H groups in total. The van der Waals surface area contributed by atoms with Gasteiger partial charge in [-0.1, -0.05) is 60.7 Å². The number of rotatable bonds is 10. The van der Waals surface area contributed by atoms with E-state index in [1.54, 1.807) is 38.6 Å². The zero-order chi connectivity index (χ0) is 28.7. The molecule has 0 aliphatic carbocycles. The van der Waals surface area contributed by atoms with Crippen LogP contribution in [0.4, 0.5) is 0 Å². The molecule has 9 heteroatoms. The molecule has 2 aliphatic heterocycles. The average Bonchev–Trinajstić information content (AvgIpc) is 2.99. The van der Waals surface area contributed by atoms with Gasteiger partial charge in [-0.15, -0.1) is 0 Å². The van der Waals surface area contributed by atoms with E-state index in [0.717, 1.165) is 25.9 Å². The molecule has 0 saturated heterocycles. The number of aliphatic imine (C=N–C) groups is 2. The SMILES string of the molecule is CC1=NC=C(CO)C(=CNCCc2ccccc2)C1=O.CC1=NC=C(CO)C(=CNCCc2ccccc2)C1=O.[Cu]. The predicted molar refractivity (Wildman–Crippen MR) is 159 cm³/mol. The van der Waals surface area contributed by atoms with Crippen molar-refractivity contribution in [1.82, 2.24) is 10.6 Å². The minimum atomic E-state index is -0.186. The number of aliphatic hydroxyl groups is 2. The fraction of sp³-hybridized carbons (Fsp3) is 0.250. The van der Waals surface area contributed by atoms with Gasteiger partial charge in [-0.25, -0.2) is 0 Å². The topological polar surface area (TPSA) is 123 Å². The van der Waals surface area contributed by atoms with Gasteiger partial charge in [-0.3, -0.25) is 19.6 Å². The maximum atomic E-state index is 12.0. The number of carbonyl (C=O) groups excluding carboxylic acids is 2. The summed E-state index contributed by atoms with van der Waals surface area (Å²) in [5.74, 6) is -0.271. The summed E-state index contributed by atoms with van der Waals surface area (Å²) in [4.78, 5) is 31.9. The molecule has 219 valence electrons. The second-order valence-electron chi connectivity index (χ2n) is 9.21. The minimum absolute atomic E-state index is 0. The summed E-state index contributed by atoms with van der Waals surface area (Å²) < 4.78 is 0. The standard InChI is InChI=1S/2C16H18N2O2.Cu/c2*1-12-16(20)15(14(11-19)9-18-12)10-17-8-7-13-5-3-2-4-6-13;/h2*2-6,9-10,17,19H,7-8,11H2,1H3;. The number of hydrogen-bond acceptors (Lipinski definition) is 8. The molecule has 0 unspecified atom stereocenters. The number of nitrogens with zero attached hydrogens (tertiary/aromatic N) is 2. The van der Waals surface area contributed by atoms with Crippen molar-refractivity contribution in [2.24, 2.45) is 9.98 Å². The average molecular weight is 604 g/mol. The van der Waals surface area contributed by atoms with Crippen molar-refractivity contribution in [3.63, 3.8) is 0 Å². The summed E-state index contributed by atoms with van der Waals surface area (Å²) in [6.45, 7) is 4.43. The fourth-order valence-corrected chi connectivity index (χ4v) is 3.93. The molecule has 2 heterocycles. The Morgan fingerprint density at radius 3 is 1.37 bits per heavy atom. The van der Waals surface area contributed by atoms with Gasteiger partial charge in [0.2, 0.25) is 11.6 Å². The van der Waals surface area contributed by atoms with E-state index in [0.29, 0.717) is 33.7 Å². The number of Topliss-reactive ketones (excluding diaryl/α,β-unsaturated/α-hetero) is 2. The molecule has 4 rings (SSSR count). The Labute approximate surface area is 251 Å². The van der Waals surface area contributed by atoms with E-state index in [4.69, 9.17) is 0 Å². The third-order valence-corrected chi connectivity index (χ3v) is 6.30. The van der Waals surface area contributed by atoms with E-state index in [9.17, 15) is 19.8 Å². The van der Waals surface area contributed by atoms with Crippen LogP contribution in [0.2, 0.25) is 0 Å². The van der Waals surface area contributed by atoms with Crippen molar-refractivity contribution in [1.29, 1.82) is 0 Å². The first-order valence-corrected chi connectivity index (χ1v) is 13.2. The molecule has 41 heavy (non-hydrogen) atoms.